The zero-order chi connectivity index (χ0) is 21.1. The lowest BCUT2D eigenvalue weighted by Gasteiger charge is -2.42. The largest absolute Gasteiger partial charge is 0.454 e. The molecule has 1 atom stereocenters. The highest BCUT2D eigenvalue weighted by Gasteiger charge is 2.41. The van der Waals surface area contributed by atoms with Gasteiger partial charge in [-0.25, -0.2) is 0 Å². The second-order valence-corrected chi connectivity index (χ2v) is 8.12. The number of ketones is 1. The lowest BCUT2D eigenvalue weighted by molar-refractivity contribution is -0.128. The number of nitrogens with one attached hydrogen (secondary N) is 1. The van der Waals surface area contributed by atoms with Crippen molar-refractivity contribution in [3.8, 4) is 11.5 Å². The second-order valence-electron chi connectivity index (χ2n) is 8.12. The smallest absolute Gasteiger partial charge is 0.237 e. The van der Waals surface area contributed by atoms with Crippen LogP contribution in [-0.2, 0) is 21.5 Å². The van der Waals surface area contributed by atoms with Crippen LogP contribution in [0.1, 0.15) is 37.8 Å². The van der Waals surface area contributed by atoms with Crippen LogP contribution in [0.5, 0.6) is 11.5 Å². The number of hydrogen-bond acceptors (Lipinski definition) is 5. The van der Waals surface area contributed by atoms with Crippen molar-refractivity contribution in [2.24, 2.45) is 0 Å². The third-order valence-electron chi connectivity index (χ3n) is 6.48. The maximum absolute atomic E-state index is 12.7. The first-order valence-electron chi connectivity index (χ1n) is 10.5. The van der Waals surface area contributed by atoms with Gasteiger partial charge in [0, 0.05) is 19.6 Å². The summed E-state index contributed by atoms with van der Waals surface area (Å²) in [5, 5.41) is 3.02. The number of ether oxygens (including phenoxy) is 2. The Morgan fingerprint density at radius 3 is 2.47 bits per heavy atom. The maximum Gasteiger partial charge on any atom is 0.237 e. The number of rotatable bonds is 6. The maximum atomic E-state index is 12.7. The van der Waals surface area contributed by atoms with Crippen molar-refractivity contribution in [1.29, 1.82) is 0 Å². The zero-order valence-corrected chi connectivity index (χ0v) is 17.5. The predicted molar refractivity (Wildman–Crippen MR) is 113 cm³/mol. The van der Waals surface area contributed by atoms with Crippen molar-refractivity contribution in [2.45, 2.75) is 44.7 Å². The van der Waals surface area contributed by atoms with Gasteiger partial charge in [-0.2, -0.15) is 0 Å². The molecule has 1 amide bonds. The molecule has 2 aromatic carbocycles. The quantitative estimate of drug-likeness (QED) is 0.796. The number of benzene rings is 2. The summed E-state index contributed by atoms with van der Waals surface area (Å²) >= 11 is 0. The van der Waals surface area contributed by atoms with Crippen LogP contribution in [0.2, 0.25) is 0 Å². The van der Waals surface area contributed by atoms with E-state index in [-0.39, 0.29) is 24.5 Å². The third kappa shape index (κ3) is 3.92. The molecule has 1 saturated heterocycles. The summed E-state index contributed by atoms with van der Waals surface area (Å²) in [4.78, 5) is 27.5. The number of Topliss-reactive ketones (excluding diaryl/α,β-unsaturated/α-hetero) is 1. The van der Waals surface area contributed by atoms with E-state index in [4.69, 9.17) is 9.47 Å². The minimum absolute atomic E-state index is 0.0114. The number of hydrogen-bond donors (Lipinski definition) is 1. The number of amides is 1. The summed E-state index contributed by atoms with van der Waals surface area (Å²) in [6.07, 6.45) is 1.46. The fraction of sp³-hybridized carbons (Fsp3) is 0.417. The number of carbonyl (C=O) groups is 2. The Kier molecular flexibility index (Phi) is 5.77. The topological polar surface area (TPSA) is 67.9 Å². The number of fused-ring (bicyclic) bond motifs is 1. The second kappa shape index (κ2) is 8.48. The molecule has 30 heavy (non-hydrogen) atoms. The van der Waals surface area contributed by atoms with E-state index in [0.29, 0.717) is 25.4 Å². The first kappa shape index (κ1) is 20.4. The standard InChI is InChI=1S/C24H28N2O4/c1-17(23(28)25-15-19-8-9-21-22(14-19)30-16-29-21)26-12-10-24(11-13-26,18(2)27)20-6-4-3-5-7-20/h3-9,14,17H,10-13,15-16H2,1-2H3,(H,25,28). The summed E-state index contributed by atoms with van der Waals surface area (Å²) in [5.74, 6) is 1.64. The van der Waals surface area contributed by atoms with Crippen LogP contribution in [0.25, 0.3) is 0 Å². The van der Waals surface area contributed by atoms with E-state index in [0.717, 1.165) is 29.7 Å². The van der Waals surface area contributed by atoms with E-state index < -0.39 is 5.41 Å². The van der Waals surface area contributed by atoms with Crippen molar-refractivity contribution in [2.75, 3.05) is 19.9 Å². The van der Waals surface area contributed by atoms with Crippen molar-refractivity contribution >= 4 is 11.7 Å². The van der Waals surface area contributed by atoms with Crippen LogP contribution in [0.3, 0.4) is 0 Å². The van der Waals surface area contributed by atoms with Gasteiger partial charge in [0.1, 0.15) is 5.78 Å². The molecule has 4 rings (SSSR count). The summed E-state index contributed by atoms with van der Waals surface area (Å²) in [6, 6.07) is 15.5. The molecule has 1 fully saturated rings. The summed E-state index contributed by atoms with van der Waals surface area (Å²) in [7, 11) is 0. The highest BCUT2D eigenvalue weighted by Crippen LogP contribution is 2.37. The third-order valence-corrected chi connectivity index (χ3v) is 6.48. The average Bonchev–Trinajstić information content (AvgIpc) is 3.25. The molecule has 2 aliphatic rings. The van der Waals surface area contributed by atoms with Crippen LogP contribution in [0, 0.1) is 0 Å². The lowest BCUT2D eigenvalue weighted by Crippen LogP contribution is -2.52. The van der Waals surface area contributed by atoms with E-state index in [9.17, 15) is 9.59 Å². The molecular weight excluding hydrogens is 380 g/mol. The van der Waals surface area contributed by atoms with Gasteiger partial charge in [-0.3, -0.25) is 14.5 Å². The normalized spacial score (nSPS) is 18.6. The average molecular weight is 408 g/mol. The molecule has 0 aromatic heterocycles. The number of likely N-dealkylation sites (tertiary alicyclic amines) is 1. The Hall–Kier alpha value is -2.86. The SMILES string of the molecule is CC(=O)C1(c2ccccc2)CCN(C(C)C(=O)NCc2ccc3c(c2)OCO3)CC1. The Balaban J connectivity index is 1.35. The zero-order valence-electron chi connectivity index (χ0n) is 17.5. The van der Waals surface area contributed by atoms with E-state index in [1.807, 2.05) is 55.5 Å². The molecule has 2 heterocycles. The van der Waals surface area contributed by atoms with Crippen LogP contribution < -0.4 is 14.8 Å². The highest BCUT2D eigenvalue weighted by molar-refractivity contribution is 5.88. The van der Waals surface area contributed by atoms with Crippen molar-refractivity contribution in [3.63, 3.8) is 0 Å². The van der Waals surface area contributed by atoms with Crippen LogP contribution in [-0.4, -0.2) is 42.5 Å². The molecule has 0 bridgehead atoms. The van der Waals surface area contributed by atoms with Crippen molar-refractivity contribution in [1.82, 2.24) is 10.2 Å². The molecule has 1 unspecified atom stereocenters. The van der Waals surface area contributed by atoms with E-state index >= 15 is 0 Å². The first-order chi connectivity index (χ1) is 14.5. The molecule has 0 radical (unpaired) electrons. The summed E-state index contributed by atoms with van der Waals surface area (Å²) in [6.45, 7) is 5.72. The van der Waals surface area contributed by atoms with E-state index in [1.165, 1.54) is 0 Å². The molecule has 0 aliphatic carbocycles. The highest BCUT2D eigenvalue weighted by atomic mass is 16.7. The van der Waals surface area contributed by atoms with Gasteiger partial charge in [0.15, 0.2) is 11.5 Å². The Bertz CT molecular complexity index is 920. The van der Waals surface area contributed by atoms with Gasteiger partial charge in [0.05, 0.1) is 11.5 Å². The van der Waals surface area contributed by atoms with Crippen molar-refractivity contribution < 1.29 is 19.1 Å². The molecule has 0 saturated carbocycles. The van der Waals surface area contributed by atoms with Crippen LogP contribution >= 0.6 is 0 Å². The Morgan fingerprint density at radius 1 is 1.07 bits per heavy atom. The van der Waals surface area contributed by atoms with Gasteiger partial charge < -0.3 is 14.8 Å². The number of piperidine rings is 1. The molecule has 2 aliphatic heterocycles. The van der Waals surface area contributed by atoms with E-state index in [2.05, 4.69) is 10.2 Å². The Morgan fingerprint density at radius 2 is 1.77 bits per heavy atom. The van der Waals surface area contributed by atoms with Crippen LogP contribution in [0.4, 0.5) is 0 Å². The molecule has 6 nitrogen and oxygen atoms in total. The molecular formula is C24H28N2O4. The fourth-order valence-electron chi connectivity index (χ4n) is 4.45. The minimum atomic E-state index is -0.444. The lowest BCUT2D eigenvalue weighted by atomic mass is 9.70. The molecule has 0 spiro atoms. The van der Waals surface area contributed by atoms with Crippen molar-refractivity contribution in [3.05, 3.63) is 59.7 Å². The van der Waals surface area contributed by atoms with Gasteiger partial charge >= 0.3 is 0 Å². The van der Waals surface area contributed by atoms with Gasteiger partial charge in [-0.1, -0.05) is 36.4 Å². The predicted octanol–water partition coefficient (Wildman–Crippen LogP) is 3.04. The molecule has 1 N–H and O–H groups in total. The first-order valence-corrected chi connectivity index (χ1v) is 10.5. The summed E-state index contributed by atoms with van der Waals surface area (Å²) in [5.41, 5.74) is 1.61. The Labute approximate surface area is 177 Å². The molecule has 6 heteroatoms. The van der Waals surface area contributed by atoms with Gasteiger partial charge in [0.25, 0.3) is 0 Å². The number of carbonyl (C=O) groups excluding carboxylic acids is 2. The molecule has 158 valence electrons. The fourth-order valence-corrected chi connectivity index (χ4v) is 4.45. The van der Waals surface area contributed by atoms with E-state index in [1.54, 1.807) is 6.92 Å². The monoisotopic (exact) mass is 408 g/mol. The number of nitrogens with zero attached hydrogens (tertiary/aromatic N) is 1. The van der Waals surface area contributed by atoms with Gasteiger partial charge in [-0.05, 0) is 49.9 Å². The van der Waals surface area contributed by atoms with Gasteiger partial charge in [-0.15, -0.1) is 0 Å². The summed E-state index contributed by atoms with van der Waals surface area (Å²) < 4.78 is 10.7. The van der Waals surface area contributed by atoms with Crippen LogP contribution in [0.15, 0.2) is 48.5 Å². The molecule has 2 aromatic rings. The van der Waals surface area contributed by atoms with Gasteiger partial charge in [0.2, 0.25) is 12.7 Å². The minimum Gasteiger partial charge on any atom is -0.454 e.